The molecule has 0 aliphatic heterocycles. The Kier molecular flexibility index (Phi) is 4.35. The van der Waals surface area contributed by atoms with Gasteiger partial charge in [0.1, 0.15) is 0 Å². The minimum Gasteiger partial charge on any atom is -0.493 e. The predicted octanol–water partition coefficient (Wildman–Crippen LogP) is 2.72. The monoisotopic (exact) mass is 281 g/mol. The molecule has 0 fully saturated rings. The molecule has 0 atom stereocenters. The summed E-state index contributed by atoms with van der Waals surface area (Å²) in [4.78, 5) is 11.7. The van der Waals surface area contributed by atoms with Gasteiger partial charge >= 0.3 is 12.0 Å². The number of aromatic nitrogens is 3. The summed E-state index contributed by atoms with van der Waals surface area (Å²) < 4.78 is 15.8. The molecule has 0 saturated carbocycles. The van der Waals surface area contributed by atoms with Gasteiger partial charge in [-0.1, -0.05) is 12.1 Å². The lowest BCUT2D eigenvalue weighted by molar-refractivity contribution is 0.301. The van der Waals surface area contributed by atoms with Crippen LogP contribution in [0.25, 0.3) is 0 Å². The average molecular weight is 282 g/mol. The second-order valence-corrected chi connectivity index (χ2v) is 3.69. The number of hydrogen-bond acceptors (Lipinski definition) is 6. The number of rotatable bonds is 5. The number of benzene rings is 1. The summed E-state index contributed by atoms with van der Waals surface area (Å²) in [6, 6.07) is 7.31. The van der Waals surface area contributed by atoms with Gasteiger partial charge in [-0.2, -0.15) is 9.97 Å². The highest BCUT2D eigenvalue weighted by atomic mass is 35.5. The standard InChI is InChI=1S/C12H12ClN3O3/c1-3-18-11-14-10(13)15-12(16-11)19-9-7-5-4-6-8(9)17-2/h4-7H,3H2,1-2H3. The summed E-state index contributed by atoms with van der Waals surface area (Å²) >= 11 is 5.77. The fourth-order valence-electron chi connectivity index (χ4n) is 1.36. The Morgan fingerprint density at radius 2 is 1.74 bits per heavy atom. The van der Waals surface area contributed by atoms with E-state index in [1.54, 1.807) is 19.2 Å². The van der Waals surface area contributed by atoms with Crippen LogP contribution in [0.1, 0.15) is 6.92 Å². The first-order valence-electron chi connectivity index (χ1n) is 5.58. The van der Waals surface area contributed by atoms with Gasteiger partial charge in [0.15, 0.2) is 11.5 Å². The molecule has 0 bridgehead atoms. The first-order valence-corrected chi connectivity index (χ1v) is 5.96. The molecule has 2 aromatic rings. The zero-order chi connectivity index (χ0) is 13.7. The van der Waals surface area contributed by atoms with Crippen LogP contribution in [0.3, 0.4) is 0 Å². The Bertz CT molecular complexity index is 566. The molecular formula is C12H12ClN3O3. The Morgan fingerprint density at radius 3 is 2.42 bits per heavy atom. The minimum absolute atomic E-state index is 0.00310. The maximum atomic E-state index is 5.77. The van der Waals surface area contributed by atoms with Crippen molar-refractivity contribution in [1.29, 1.82) is 0 Å². The van der Waals surface area contributed by atoms with Crippen LogP contribution in [0.2, 0.25) is 5.28 Å². The second-order valence-electron chi connectivity index (χ2n) is 3.36. The van der Waals surface area contributed by atoms with Gasteiger partial charge in [-0.25, -0.2) is 0 Å². The molecule has 2 rings (SSSR count). The van der Waals surface area contributed by atoms with Crippen molar-refractivity contribution in [3.05, 3.63) is 29.5 Å². The van der Waals surface area contributed by atoms with Crippen LogP contribution >= 0.6 is 11.6 Å². The average Bonchev–Trinajstić information content (AvgIpc) is 2.39. The lowest BCUT2D eigenvalue weighted by Crippen LogP contribution is -2.02. The molecular weight excluding hydrogens is 270 g/mol. The first-order chi connectivity index (χ1) is 9.22. The third kappa shape index (κ3) is 3.45. The fraction of sp³-hybridized carbons (Fsp3) is 0.250. The Labute approximate surface area is 115 Å². The quantitative estimate of drug-likeness (QED) is 0.839. The lowest BCUT2D eigenvalue weighted by atomic mass is 10.3. The molecule has 1 aromatic heterocycles. The van der Waals surface area contributed by atoms with E-state index in [1.807, 2.05) is 19.1 Å². The maximum absolute atomic E-state index is 5.77. The summed E-state index contributed by atoms with van der Waals surface area (Å²) in [5.41, 5.74) is 0. The van der Waals surface area contributed by atoms with E-state index in [4.69, 9.17) is 25.8 Å². The van der Waals surface area contributed by atoms with Gasteiger partial charge < -0.3 is 14.2 Å². The highest BCUT2D eigenvalue weighted by Crippen LogP contribution is 2.29. The summed E-state index contributed by atoms with van der Waals surface area (Å²) in [5, 5.41) is 0.00310. The van der Waals surface area contributed by atoms with Crippen molar-refractivity contribution in [2.75, 3.05) is 13.7 Å². The number of halogens is 1. The van der Waals surface area contributed by atoms with Crippen LogP contribution in [-0.4, -0.2) is 28.7 Å². The van der Waals surface area contributed by atoms with Crippen molar-refractivity contribution in [2.45, 2.75) is 6.92 Å². The predicted molar refractivity (Wildman–Crippen MR) is 69.1 cm³/mol. The molecule has 1 aromatic carbocycles. The largest absolute Gasteiger partial charge is 0.493 e. The van der Waals surface area contributed by atoms with E-state index in [2.05, 4.69) is 15.0 Å². The highest BCUT2D eigenvalue weighted by molar-refractivity contribution is 6.28. The van der Waals surface area contributed by atoms with E-state index < -0.39 is 0 Å². The van der Waals surface area contributed by atoms with Crippen LogP contribution in [0.5, 0.6) is 23.5 Å². The smallest absolute Gasteiger partial charge is 0.329 e. The van der Waals surface area contributed by atoms with Crippen molar-refractivity contribution in [3.8, 4) is 23.5 Å². The van der Waals surface area contributed by atoms with Gasteiger partial charge in [0.25, 0.3) is 0 Å². The van der Waals surface area contributed by atoms with E-state index in [1.165, 1.54) is 0 Å². The van der Waals surface area contributed by atoms with Gasteiger partial charge in [0.05, 0.1) is 13.7 Å². The number of ether oxygens (including phenoxy) is 3. The number of nitrogens with zero attached hydrogens (tertiary/aromatic N) is 3. The van der Waals surface area contributed by atoms with Crippen molar-refractivity contribution in [3.63, 3.8) is 0 Å². The first kappa shape index (κ1) is 13.4. The molecule has 1 heterocycles. The topological polar surface area (TPSA) is 66.4 Å². The van der Waals surface area contributed by atoms with E-state index in [-0.39, 0.29) is 17.3 Å². The lowest BCUT2D eigenvalue weighted by Gasteiger charge is -2.09. The second kappa shape index (κ2) is 6.19. The number of para-hydroxylation sites is 2. The third-order valence-corrected chi connectivity index (χ3v) is 2.28. The molecule has 0 N–H and O–H groups in total. The third-order valence-electron chi connectivity index (χ3n) is 2.11. The number of methoxy groups -OCH3 is 1. The zero-order valence-corrected chi connectivity index (χ0v) is 11.2. The molecule has 0 aliphatic rings. The Morgan fingerprint density at radius 1 is 1.05 bits per heavy atom. The summed E-state index contributed by atoms with van der Waals surface area (Å²) in [6.07, 6.45) is 0. The van der Waals surface area contributed by atoms with Gasteiger partial charge in [-0.15, -0.1) is 4.98 Å². The van der Waals surface area contributed by atoms with Gasteiger partial charge in [-0.3, -0.25) is 0 Å². The molecule has 19 heavy (non-hydrogen) atoms. The fourth-order valence-corrected chi connectivity index (χ4v) is 1.50. The van der Waals surface area contributed by atoms with E-state index >= 15 is 0 Å². The molecule has 7 heteroatoms. The molecule has 0 spiro atoms. The molecule has 0 aliphatic carbocycles. The molecule has 0 unspecified atom stereocenters. The molecule has 0 saturated heterocycles. The van der Waals surface area contributed by atoms with Gasteiger partial charge in [0.2, 0.25) is 5.28 Å². The SMILES string of the molecule is CCOc1nc(Cl)nc(Oc2ccccc2OC)n1. The highest BCUT2D eigenvalue weighted by Gasteiger charge is 2.10. The number of hydrogen-bond donors (Lipinski definition) is 0. The molecule has 0 radical (unpaired) electrons. The van der Waals surface area contributed by atoms with E-state index in [0.29, 0.717) is 18.1 Å². The van der Waals surface area contributed by atoms with Crippen LogP contribution in [0.15, 0.2) is 24.3 Å². The molecule has 0 amide bonds. The van der Waals surface area contributed by atoms with Gasteiger partial charge in [-0.05, 0) is 30.7 Å². The van der Waals surface area contributed by atoms with Crippen LogP contribution in [0, 0.1) is 0 Å². The molecule has 6 nitrogen and oxygen atoms in total. The van der Waals surface area contributed by atoms with Crippen molar-refractivity contribution < 1.29 is 14.2 Å². The van der Waals surface area contributed by atoms with Crippen LogP contribution in [0.4, 0.5) is 0 Å². The maximum Gasteiger partial charge on any atom is 0.329 e. The van der Waals surface area contributed by atoms with Crippen LogP contribution < -0.4 is 14.2 Å². The Hall–Kier alpha value is -2.08. The van der Waals surface area contributed by atoms with E-state index in [9.17, 15) is 0 Å². The van der Waals surface area contributed by atoms with Crippen molar-refractivity contribution >= 4 is 11.6 Å². The summed E-state index contributed by atoms with van der Waals surface area (Å²) in [5.74, 6) is 1.05. The van der Waals surface area contributed by atoms with Crippen molar-refractivity contribution in [1.82, 2.24) is 15.0 Å². The zero-order valence-electron chi connectivity index (χ0n) is 10.5. The normalized spacial score (nSPS) is 10.1. The van der Waals surface area contributed by atoms with E-state index in [0.717, 1.165) is 0 Å². The Balaban J connectivity index is 2.27. The van der Waals surface area contributed by atoms with Gasteiger partial charge in [0, 0.05) is 0 Å². The minimum atomic E-state index is 0.00310. The van der Waals surface area contributed by atoms with Crippen LogP contribution in [-0.2, 0) is 0 Å². The summed E-state index contributed by atoms with van der Waals surface area (Å²) in [6.45, 7) is 2.24. The molecule has 100 valence electrons. The van der Waals surface area contributed by atoms with Crippen molar-refractivity contribution in [2.24, 2.45) is 0 Å². The summed E-state index contributed by atoms with van der Waals surface area (Å²) in [7, 11) is 1.55.